The fourth-order valence-electron chi connectivity index (χ4n) is 5.83. The minimum atomic E-state index is -0.184. The number of aliphatic hydroxyl groups excluding tert-OH is 1. The Bertz CT molecular complexity index is 1260. The van der Waals surface area contributed by atoms with Crippen LogP contribution in [0.15, 0.2) is 89.1 Å². The predicted molar refractivity (Wildman–Crippen MR) is 158 cm³/mol. The number of fused-ring (bicyclic) bond motifs is 2. The number of allylic oxidation sites excluding steroid dienone is 2. The van der Waals surface area contributed by atoms with Gasteiger partial charge in [-0.2, -0.15) is 11.8 Å². The molecule has 2 saturated carbocycles. The number of aliphatic hydroxyl groups is 1. The highest BCUT2D eigenvalue weighted by molar-refractivity contribution is 8.00. The van der Waals surface area contributed by atoms with Crippen molar-refractivity contribution in [2.45, 2.75) is 65.8 Å². The van der Waals surface area contributed by atoms with E-state index in [1.807, 2.05) is 35.7 Å². The van der Waals surface area contributed by atoms with Crippen LogP contribution in [0.1, 0.15) is 55.3 Å². The molecule has 4 nitrogen and oxygen atoms in total. The van der Waals surface area contributed by atoms with Gasteiger partial charge in [0, 0.05) is 33.1 Å². The molecule has 4 aliphatic rings. The van der Waals surface area contributed by atoms with Crippen LogP contribution in [0.5, 0.6) is 0 Å². The lowest BCUT2D eigenvalue weighted by Crippen LogP contribution is -2.53. The zero-order valence-electron chi connectivity index (χ0n) is 22.2. The second-order valence-electron chi connectivity index (χ2n) is 11.1. The zero-order valence-corrected chi connectivity index (χ0v) is 23.8. The molecule has 2 aromatic carbocycles. The van der Waals surface area contributed by atoms with Crippen molar-refractivity contribution in [2.75, 3.05) is 13.7 Å². The van der Waals surface area contributed by atoms with E-state index in [4.69, 9.17) is 0 Å². The fourth-order valence-corrected chi connectivity index (χ4v) is 8.55. The monoisotopic (exact) mass is 544 g/mol. The summed E-state index contributed by atoms with van der Waals surface area (Å²) < 4.78 is 0. The van der Waals surface area contributed by atoms with Gasteiger partial charge in [0.2, 0.25) is 0 Å². The van der Waals surface area contributed by atoms with Crippen LogP contribution in [-0.4, -0.2) is 51.1 Å². The van der Waals surface area contributed by atoms with E-state index in [1.165, 1.54) is 34.4 Å². The molecule has 0 spiro atoms. The molecular weight excluding hydrogens is 508 g/mol. The van der Waals surface area contributed by atoms with E-state index >= 15 is 0 Å². The minimum Gasteiger partial charge on any atom is -0.511 e. The summed E-state index contributed by atoms with van der Waals surface area (Å²) in [6.07, 6.45) is 8.48. The maximum Gasteiger partial charge on any atom is 0.259 e. The third kappa shape index (κ3) is 4.99. The molecule has 2 atom stereocenters. The molecule has 1 N–H and O–H groups in total. The number of benzene rings is 2. The Labute approximate surface area is 234 Å². The van der Waals surface area contributed by atoms with Crippen molar-refractivity contribution in [3.8, 4) is 0 Å². The van der Waals surface area contributed by atoms with Crippen molar-refractivity contribution in [2.24, 2.45) is 5.92 Å². The van der Waals surface area contributed by atoms with Gasteiger partial charge in [-0.1, -0.05) is 68.1 Å². The SMILES string of the molecule is C=C1C=CC(C)C(O)=C1C(=O)N(CN(C)[C@H]1c2ccccc2CSc2ccccc21)C1CC(SC2CC2)C1. The van der Waals surface area contributed by atoms with Gasteiger partial charge >= 0.3 is 0 Å². The molecule has 0 aromatic heterocycles. The van der Waals surface area contributed by atoms with Gasteiger partial charge in [0.1, 0.15) is 5.76 Å². The van der Waals surface area contributed by atoms with Gasteiger partial charge in [-0.15, -0.1) is 11.8 Å². The lowest BCUT2D eigenvalue weighted by Gasteiger charge is -2.45. The Kier molecular flexibility index (Phi) is 7.23. The van der Waals surface area contributed by atoms with Crippen molar-refractivity contribution in [1.29, 1.82) is 0 Å². The number of rotatable bonds is 7. The molecule has 1 unspecified atom stereocenters. The normalized spacial score (nSPS) is 26.4. The first-order valence-corrected chi connectivity index (χ1v) is 15.6. The quantitative estimate of drug-likeness (QED) is 0.377. The smallest absolute Gasteiger partial charge is 0.259 e. The molecule has 3 aliphatic carbocycles. The largest absolute Gasteiger partial charge is 0.511 e. The van der Waals surface area contributed by atoms with Crippen LogP contribution in [0.4, 0.5) is 0 Å². The first kappa shape index (κ1) is 25.8. The summed E-state index contributed by atoms with van der Waals surface area (Å²) in [6, 6.07) is 17.6. The molecule has 0 saturated heterocycles. The van der Waals surface area contributed by atoms with Crippen molar-refractivity contribution < 1.29 is 9.90 Å². The average molecular weight is 545 g/mol. The third-order valence-electron chi connectivity index (χ3n) is 8.25. The van der Waals surface area contributed by atoms with E-state index in [-0.39, 0.29) is 29.7 Å². The number of hydrogen-bond donors (Lipinski definition) is 1. The Morgan fingerprint density at radius 2 is 1.79 bits per heavy atom. The van der Waals surface area contributed by atoms with Crippen LogP contribution in [0, 0.1) is 5.92 Å². The number of carbonyl (C=O) groups excluding carboxylic acids is 1. The summed E-state index contributed by atoms with van der Waals surface area (Å²) in [5.41, 5.74) is 4.91. The first-order chi connectivity index (χ1) is 18.4. The maximum absolute atomic E-state index is 14.2. The molecule has 1 amide bonds. The molecule has 38 heavy (non-hydrogen) atoms. The Morgan fingerprint density at radius 3 is 2.55 bits per heavy atom. The number of carbonyl (C=O) groups is 1. The topological polar surface area (TPSA) is 43.8 Å². The maximum atomic E-state index is 14.2. The summed E-state index contributed by atoms with van der Waals surface area (Å²) in [6.45, 7) is 6.53. The standard InChI is InChI=1S/C32H36N2O2S2/c1-20-12-13-21(2)31(35)29(20)32(36)34(23-16-25(17-23)38-24-14-15-24)19-33(3)30-26-9-5-4-8-22(26)18-37-28-11-7-6-10-27(28)30/h4-13,21,23-25,30,35H,1,14-19H2,2-3H3/t21?,23?,25?,30-/m0/s1. The van der Waals surface area contributed by atoms with Crippen molar-refractivity contribution in [3.05, 3.63) is 101 Å². The molecule has 0 bridgehead atoms. The van der Waals surface area contributed by atoms with Gasteiger partial charge in [0.05, 0.1) is 18.3 Å². The number of hydrogen-bond acceptors (Lipinski definition) is 5. The summed E-state index contributed by atoms with van der Waals surface area (Å²) in [5.74, 6) is 0.796. The van der Waals surface area contributed by atoms with Crippen molar-refractivity contribution in [3.63, 3.8) is 0 Å². The van der Waals surface area contributed by atoms with Crippen LogP contribution in [0.3, 0.4) is 0 Å². The summed E-state index contributed by atoms with van der Waals surface area (Å²) in [4.78, 5) is 19.8. The molecule has 1 aliphatic heterocycles. The number of amides is 1. The van der Waals surface area contributed by atoms with Gasteiger partial charge in [-0.3, -0.25) is 9.69 Å². The Hall–Kier alpha value is -2.41. The number of nitrogens with zero attached hydrogens (tertiary/aromatic N) is 2. The van der Waals surface area contributed by atoms with E-state index < -0.39 is 0 Å². The van der Waals surface area contributed by atoms with Crippen molar-refractivity contribution >= 4 is 29.4 Å². The van der Waals surface area contributed by atoms with Crippen molar-refractivity contribution in [1.82, 2.24) is 9.80 Å². The molecule has 0 radical (unpaired) electrons. The van der Waals surface area contributed by atoms with E-state index in [2.05, 4.69) is 78.8 Å². The first-order valence-electron chi connectivity index (χ1n) is 13.7. The van der Waals surface area contributed by atoms with Gasteiger partial charge < -0.3 is 10.0 Å². The average Bonchev–Trinajstić information content (AvgIpc) is 3.73. The molecule has 6 heteroatoms. The highest BCUT2D eigenvalue weighted by Crippen LogP contribution is 2.46. The lowest BCUT2D eigenvalue weighted by molar-refractivity contribution is -0.133. The van der Waals surface area contributed by atoms with Crippen LogP contribution >= 0.6 is 23.5 Å². The van der Waals surface area contributed by atoms with Crippen LogP contribution in [0.2, 0.25) is 0 Å². The second-order valence-corrected chi connectivity index (χ2v) is 13.7. The van der Waals surface area contributed by atoms with E-state index in [0.29, 0.717) is 23.1 Å². The summed E-state index contributed by atoms with van der Waals surface area (Å²) in [5, 5.41) is 12.4. The van der Waals surface area contributed by atoms with Gasteiger partial charge in [-0.05, 0) is 61.1 Å². The molecular formula is C32H36N2O2S2. The summed E-state index contributed by atoms with van der Waals surface area (Å²) in [7, 11) is 2.13. The zero-order chi connectivity index (χ0) is 26.4. The highest BCUT2D eigenvalue weighted by Gasteiger charge is 2.42. The van der Waals surface area contributed by atoms with Gasteiger partial charge in [-0.25, -0.2) is 0 Å². The summed E-state index contributed by atoms with van der Waals surface area (Å²) >= 11 is 4.00. The fraction of sp³-hybridized carbons (Fsp3) is 0.406. The second kappa shape index (κ2) is 10.6. The molecule has 198 valence electrons. The lowest BCUT2D eigenvalue weighted by atomic mass is 9.87. The minimum absolute atomic E-state index is 0.0420. The molecule has 2 fully saturated rings. The van der Waals surface area contributed by atoms with Crippen LogP contribution in [-0.2, 0) is 10.5 Å². The number of thioether (sulfide) groups is 2. The Morgan fingerprint density at radius 1 is 1.08 bits per heavy atom. The third-order valence-corrected chi connectivity index (χ3v) is 11.0. The van der Waals surface area contributed by atoms with E-state index in [9.17, 15) is 9.90 Å². The molecule has 1 heterocycles. The van der Waals surface area contributed by atoms with Gasteiger partial charge in [0.25, 0.3) is 5.91 Å². The Balaban J connectivity index is 1.33. The van der Waals surface area contributed by atoms with Gasteiger partial charge in [0.15, 0.2) is 0 Å². The molecule has 2 aromatic rings. The van der Waals surface area contributed by atoms with E-state index in [0.717, 1.165) is 23.8 Å². The predicted octanol–water partition coefficient (Wildman–Crippen LogP) is 7.10. The van der Waals surface area contributed by atoms with E-state index in [1.54, 1.807) is 0 Å². The van der Waals surface area contributed by atoms with Crippen LogP contribution < -0.4 is 0 Å². The van der Waals surface area contributed by atoms with Crippen LogP contribution in [0.25, 0.3) is 0 Å². The highest BCUT2D eigenvalue weighted by atomic mass is 32.2. The molecule has 6 rings (SSSR count).